The van der Waals surface area contributed by atoms with Gasteiger partial charge >= 0.3 is 5.97 Å². The normalized spacial score (nSPS) is 34.8. The van der Waals surface area contributed by atoms with Gasteiger partial charge in [0.2, 0.25) is 0 Å². The number of ketones is 3. The molecule has 4 aliphatic rings. The van der Waals surface area contributed by atoms with Gasteiger partial charge in [-0.05, 0) is 56.1 Å². The van der Waals surface area contributed by atoms with Gasteiger partial charge in [-0.25, -0.2) is 0 Å². The van der Waals surface area contributed by atoms with E-state index in [-0.39, 0.29) is 48.6 Å². The van der Waals surface area contributed by atoms with Crippen LogP contribution >= 0.6 is 0 Å². The van der Waals surface area contributed by atoms with Crippen molar-refractivity contribution in [2.24, 2.45) is 22.7 Å². The summed E-state index contributed by atoms with van der Waals surface area (Å²) in [6, 6.07) is 0. The smallest absolute Gasteiger partial charge is 0.308 e. The van der Waals surface area contributed by atoms with Crippen molar-refractivity contribution in [1.29, 1.82) is 0 Å². The number of hydrogen-bond acceptors (Lipinski definition) is 5. The SMILES string of the molecule is C[C@]12C=CC(=O)C=C1CCC1=C2C(=O)C[C@]2(C)[C@@H](C(=O)COC(=O)CCF)CC[C@@H]12. The van der Waals surface area contributed by atoms with Crippen LogP contribution in [0.1, 0.15) is 52.4 Å². The Bertz CT molecular complexity index is 926. The molecular weight excluding hydrogens is 387 g/mol. The van der Waals surface area contributed by atoms with Gasteiger partial charge in [0, 0.05) is 23.3 Å². The average molecular weight is 414 g/mol. The molecule has 0 aliphatic heterocycles. The maximum Gasteiger partial charge on any atom is 0.308 e. The van der Waals surface area contributed by atoms with Crippen LogP contribution in [-0.4, -0.2) is 36.6 Å². The van der Waals surface area contributed by atoms with Crippen molar-refractivity contribution in [2.75, 3.05) is 13.3 Å². The Morgan fingerprint density at radius 2 is 1.97 bits per heavy atom. The second-order valence-electron chi connectivity index (χ2n) is 9.36. The van der Waals surface area contributed by atoms with E-state index in [1.165, 1.54) is 0 Å². The number of carbonyl (C=O) groups excluding carboxylic acids is 4. The van der Waals surface area contributed by atoms with Crippen molar-refractivity contribution in [3.63, 3.8) is 0 Å². The third-order valence-corrected chi connectivity index (χ3v) is 7.71. The molecule has 5 nitrogen and oxygen atoms in total. The molecule has 4 atom stereocenters. The zero-order valence-corrected chi connectivity index (χ0v) is 17.5. The Labute approximate surface area is 175 Å². The fourth-order valence-corrected chi connectivity index (χ4v) is 6.27. The molecule has 0 amide bonds. The molecule has 0 unspecified atom stereocenters. The van der Waals surface area contributed by atoms with Gasteiger partial charge in [-0.15, -0.1) is 0 Å². The van der Waals surface area contributed by atoms with Gasteiger partial charge in [-0.2, -0.15) is 0 Å². The van der Waals surface area contributed by atoms with Crippen LogP contribution in [-0.2, 0) is 23.9 Å². The molecule has 0 aromatic carbocycles. The van der Waals surface area contributed by atoms with Crippen LogP contribution in [0.2, 0.25) is 0 Å². The zero-order valence-electron chi connectivity index (χ0n) is 17.5. The van der Waals surface area contributed by atoms with E-state index in [1.807, 2.05) is 19.9 Å². The number of rotatable bonds is 5. The minimum Gasteiger partial charge on any atom is -0.458 e. The summed E-state index contributed by atoms with van der Waals surface area (Å²) < 4.78 is 17.2. The number of hydrogen-bond donors (Lipinski definition) is 0. The Kier molecular flexibility index (Phi) is 5.15. The van der Waals surface area contributed by atoms with E-state index in [0.717, 1.165) is 36.0 Å². The molecule has 0 aromatic heterocycles. The molecule has 4 aliphatic carbocycles. The quantitative estimate of drug-likeness (QED) is 0.642. The largest absolute Gasteiger partial charge is 0.458 e. The second-order valence-corrected chi connectivity index (χ2v) is 9.36. The molecule has 0 spiro atoms. The fourth-order valence-electron chi connectivity index (χ4n) is 6.27. The number of alkyl halides is 1. The molecule has 1 fully saturated rings. The number of esters is 1. The van der Waals surface area contributed by atoms with Crippen LogP contribution in [0.4, 0.5) is 4.39 Å². The van der Waals surface area contributed by atoms with E-state index in [9.17, 15) is 23.6 Å². The molecule has 6 heteroatoms. The summed E-state index contributed by atoms with van der Waals surface area (Å²) in [4.78, 5) is 49.5. The third kappa shape index (κ3) is 3.12. The van der Waals surface area contributed by atoms with Crippen LogP contribution in [0.3, 0.4) is 0 Å². The van der Waals surface area contributed by atoms with E-state index in [1.54, 1.807) is 12.2 Å². The van der Waals surface area contributed by atoms with Crippen molar-refractivity contribution >= 4 is 23.3 Å². The summed E-state index contributed by atoms with van der Waals surface area (Å²) in [5, 5.41) is 0. The topological polar surface area (TPSA) is 77.5 Å². The number of Topliss-reactive ketones (excluding diaryl/α,β-unsaturated/α-hetero) is 2. The van der Waals surface area contributed by atoms with Crippen LogP contribution in [0.25, 0.3) is 0 Å². The molecule has 0 bridgehead atoms. The van der Waals surface area contributed by atoms with Crippen LogP contribution in [0.15, 0.2) is 34.9 Å². The Balaban J connectivity index is 1.62. The molecule has 0 radical (unpaired) electrons. The lowest BCUT2D eigenvalue weighted by Gasteiger charge is -2.48. The average Bonchev–Trinajstić information content (AvgIpc) is 3.03. The third-order valence-electron chi connectivity index (χ3n) is 7.71. The van der Waals surface area contributed by atoms with E-state index < -0.39 is 23.5 Å². The van der Waals surface area contributed by atoms with Crippen LogP contribution in [0, 0.1) is 22.7 Å². The minimum atomic E-state index is -0.809. The van der Waals surface area contributed by atoms with Gasteiger partial charge in [-0.3, -0.25) is 23.6 Å². The Hall–Kier alpha value is -2.37. The fraction of sp³-hybridized carbons (Fsp3) is 0.583. The number of allylic oxidation sites excluding steroid dienone is 6. The highest BCUT2D eigenvalue weighted by atomic mass is 19.1. The molecule has 0 N–H and O–H groups in total. The van der Waals surface area contributed by atoms with E-state index >= 15 is 0 Å². The lowest BCUT2D eigenvalue weighted by molar-refractivity contribution is -0.150. The number of ether oxygens (including phenoxy) is 1. The van der Waals surface area contributed by atoms with Crippen molar-refractivity contribution < 1.29 is 28.3 Å². The van der Waals surface area contributed by atoms with E-state index in [0.29, 0.717) is 6.42 Å². The van der Waals surface area contributed by atoms with Crippen molar-refractivity contribution in [2.45, 2.75) is 52.4 Å². The molecular formula is C24H27FO5. The molecule has 0 saturated heterocycles. The first-order chi connectivity index (χ1) is 14.2. The first-order valence-electron chi connectivity index (χ1n) is 10.7. The molecule has 160 valence electrons. The minimum absolute atomic E-state index is 0.0338. The number of carbonyl (C=O) groups is 4. The monoisotopic (exact) mass is 414 g/mol. The Morgan fingerprint density at radius 3 is 2.70 bits per heavy atom. The van der Waals surface area contributed by atoms with E-state index in [2.05, 4.69) is 0 Å². The highest BCUT2D eigenvalue weighted by Crippen LogP contribution is 2.62. The molecule has 4 rings (SSSR count). The second kappa shape index (κ2) is 7.40. The lowest BCUT2D eigenvalue weighted by atomic mass is 9.54. The standard InChI is InChI=1S/C24H27FO5/c1-23-9-7-15(26)11-14(23)3-4-16-17-5-6-18(20(28)13-30-21(29)8-10-25)24(17,2)12-19(27)22(16)23/h7,9,11,17-18H,3-6,8,10,12-13H2,1-2H3/t17-,18+,23-,24-/m0/s1. The van der Waals surface area contributed by atoms with Crippen molar-refractivity contribution in [3.8, 4) is 0 Å². The van der Waals surface area contributed by atoms with Crippen LogP contribution < -0.4 is 0 Å². The maximum atomic E-state index is 13.4. The summed E-state index contributed by atoms with van der Waals surface area (Å²) in [5.74, 6) is -1.11. The highest BCUT2D eigenvalue weighted by Gasteiger charge is 2.57. The predicted molar refractivity (Wildman–Crippen MR) is 107 cm³/mol. The predicted octanol–water partition coefficient (Wildman–Crippen LogP) is 3.63. The summed E-state index contributed by atoms with van der Waals surface area (Å²) in [5.41, 5.74) is 1.91. The van der Waals surface area contributed by atoms with Gasteiger partial charge in [0.25, 0.3) is 0 Å². The highest BCUT2D eigenvalue weighted by molar-refractivity contribution is 6.05. The van der Waals surface area contributed by atoms with Gasteiger partial charge in [0.05, 0.1) is 13.1 Å². The van der Waals surface area contributed by atoms with Gasteiger partial charge in [-0.1, -0.05) is 24.1 Å². The van der Waals surface area contributed by atoms with Crippen molar-refractivity contribution in [1.82, 2.24) is 0 Å². The molecule has 0 aromatic rings. The van der Waals surface area contributed by atoms with E-state index in [4.69, 9.17) is 4.74 Å². The van der Waals surface area contributed by atoms with Gasteiger partial charge < -0.3 is 4.74 Å². The zero-order chi connectivity index (χ0) is 21.7. The van der Waals surface area contributed by atoms with Gasteiger partial charge in [0.15, 0.2) is 17.3 Å². The first kappa shape index (κ1) is 20.9. The molecule has 30 heavy (non-hydrogen) atoms. The first-order valence-corrected chi connectivity index (χ1v) is 10.7. The molecule has 1 saturated carbocycles. The Morgan fingerprint density at radius 1 is 1.20 bits per heavy atom. The number of halogens is 1. The summed E-state index contributed by atoms with van der Waals surface area (Å²) in [6.07, 6.45) is 7.94. The lowest BCUT2D eigenvalue weighted by Crippen LogP contribution is -2.45. The van der Waals surface area contributed by atoms with Gasteiger partial charge in [0.1, 0.15) is 6.61 Å². The maximum absolute atomic E-state index is 13.4. The molecule has 0 heterocycles. The summed E-state index contributed by atoms with van der Waals surface area (Å²) in [6.45, 7) is 2.85. The van der Waals surface area contributed by atoms with Crippen LogP contribution in [0.5, 0.6) is 0 Å². The number of fused-ring (bicyclic) bond motifs is 4. The van der Waals surface area contributed by atoms with Crippen molar-refractivity contribution in [3.05, 3.63) is 34.9 Å². The summed E-state index contributed by atoms with van der Waals surface area (Å²) in [7, 11) is 0. The summed E-state index contributed by atoms with van der Waals surface area (Å²) >= 11 is 0.